The smallest absolute Gasteiger partial charge is 0.159 e. The van der Waals surface area contributed by atoms with Crippen LogP contribution in [0.5, 0.6) is 5.75 Å². The molecular formula is C8H12N2O2. The largest absolute Gasteiger partial charge is 0.493 e. The van der Waals surface area contributed by atoms with E-state index in [0.29, 0.717) is 12.8 Å². The number of nitrogens with zero attached hydrogens (tertiary/aromatic N) is 2. The minimum Gasteiger partial charge on any atom is -0.493 e. The molecule has 0 N–H and O–H groups in total. The molecule has 12 heavy (non-hydrogen) atoms. The standard InChI is InChI=1S/C8H12N2O2/c1-10-7(4-3-5-11)8(12-2)6-9-10/h5-6H,3-4H2,1-2H3. The number of carbonyl (C=O) groups excluding carboxylic acids is 1. The second kappa shape index (κ2) is 3.90. The molecule has 66 valence electrons. The van der Waals surface area contributed by atoms with Crippen molar-refractivity contribution >= 4 is 6.29 Å². The summed E-state index contributed by atoms with van der Waals surface area (Å²) >= 11 is 0. The lowest BCUT2D eigenvalue weighted by atomic mass is 10.2. The van der Waals surface area contributed by atoms with E-state index in [1.54, 1.807) is 18.0 Å². The van der Waals surface area contributed by atoms with Crippen LogP contribution in [-0.2, 0) is 18.3 Å². The van der Waals surface area contributed by atoms with Crippen molar-refractivity contribution in [2.24, 2.45) is 7.05 Å². The zero-order valence-corrected chi connectivity index (χ0v) is 7.28. The Morgan fingerprint density at radius 1 is 1.75 bits per heavy atom. The summed E-state index contributed by atoms with van der Waals surface area (Å²) in [6.07, 6.45) is 3.74. The van der Waals surface area contributed by atoms with Gasteiger partial charge in [-0.3, -0.25) is 4.68 Å². The number of hydrogen-bond donors (Lipinski definition) is 0. The Morgan fingerprint density at radius 3 is 3.08 bits per heavy atom. The highest BCUT2D eigenvalue weighted by molar-refractivity contribution is 5.50. The van der Waals surface area contributed by atoms with Gasteiger partial charge in [-0.05, 0) is 6.42 Å². The molecule has 0 spiro atoms. The van der Waals surface area contributed by atoms with E-state index in [1.165, 1.54) is 0 Å². The van der Waals surface area contributed by atoms with Gasteiger partial charge >= 0.3 is 0 Å². The maximum absolute atomic E-state index is 10.1. The first-order valence-electron chi connectivity index (χ1n) is 3.78. The molecule has 4 nitrogen and oxygen atoms in total. The third-order valence-corrected chi connectivity index (χ3v) is 1.74. The van der Waals surface area contributed by atoms with E-state index in [2.05, 4.69) is 5.10 Å². The predicted molar refractivity (Wildman–Crippen MR) is 44.1 cm³/mol. The molecule has 1 aromatic rings. The SMILES string of the molecule is COc1cnn(C)c1CCC=O. The molecule has 0 aromatic carbocycles. The molecule has 0 unspecified atom stereocenters. The van der Waals surface area contributed by atoms with Gasteiger partial charge in [0.2, 0.25) is 0 Å². The van der Waals surface area contributed by atoms with Gasteiger partial charge in [-0.15, -0.1) is 0 Å². The number of carbonyl (C=O) groups is 1. The van der Waals surface area contributed by atoms with Crippen LogP contribution < -0.4 is 4.74 Å². The quantitative estimate of drug-likeness (QED) is 0.617. The normalized spacial score (nSPS) is 9.83. The molecule has 1 aromatic heterocycles. The van der Waals surface area contributed by atoms with Crippen LogP contribution >= 0.6 is 0 Å². The zero-order chi connectivity index (χ0) is 8.97. The van der Waals surface area contributed by atoms with Crippen molar-refractivity contribution in [2.75, 3.05) is 7.11 Å². The molecule has 0 aliphatic carbocycles. The molecule has 0 fully saturated rings. The monoisotopic (exact) mass is 168 g/mol. The van der Waals surface area contributed by atoms with Crippen molar-refractivity contribution in [2.45, 2.75) is 12.8 Å². The first kappa shape index (κ1) is 8.77. The molecular weight excluding hydrogens is 156 g/mol. The topological polar surface area (TPSA) is 44.1 Å². The first-order chi connectivity index (χ1) is 5.79. The van der Waals surface area contributed by atoms with Crippen LogP contribution in [-0.4, -0.2) is 23.2 Å². The lowest BCUT2D eigenvalue weighted by Gasteiger charge is -2.01. The molecule has 0 aliphatic rings. The molecule has 0 bridgehead atoms. The number of rotatable bonds is 4. The molecule has 0 radical (unpaired) electrons. The van der Waals surface area contributed by atoms with Crippen LogP contribution in [0.1, 0.15) is 12.1 Å². The molecule has 0 atom stereocenters. The van der Waals surface area contributed by atoms with Crippen molar-refractivity contribution < 1.29 is 9.53 Å². The lowest BCUT2D eigenvalue weighted by molar-refractivity contribution is -0.107. The van der Waals surface area contributed by atoms with Gasteiger partial charge in [0, 0.05) is 13.5 Å². The Morgan fingerprint density at radius 2 is 2.50 bits per heavy atom. The summed E-state index contributed by atoms with van der Waals surface area (Å²) in [5.41, 5.74) is 0.963. The Bertz CT molecular complexity index is 268. The molecule has 0 aliphatic heterocycles. The third-order valence-electron chi connectivity index (χ3n) is 1.74. The molecule has 4 heteroatoms. The van der Waals surface area contributed by atoms with E-state index >= 15 is 0 Å². The van der Waals surface area contributed by atoms with Crippen LogP contribution in [0.3, 0.4) is 0 Å². The van der Waals surface area contributed by atoms with Crippen molar-refractivity contribution in [1.29, 1.82) is 0 Å². The van der Waals surface area contributed by atoms with Gasteiger partial charge in [-0.2, -0.15) is 5.10 Å². The zero-order valence-electron chi connectivity index (χ0n) is 7.28. The van der Waals surface area contributed by atoms with Crippen molar-refractivity contribution in [3.8, 4) is 5.75 Å². The summed E-state index contributed by atoms with van der Waals surface area (Å²) in [6.45, 7) is 0. The number of methoxy groups -OCH3 is 1. The van der Waals surface area contributed by atoms with Gasteiger partial charge in [0.1, 0.15) is 6.29 Å². The van der Waals surface area contributed by atoms with Crippen LogP contribution in [0.25, 0.3) is 0 Å². The number of aromatic nitrogens is 2. The Balaban J connectivity index is 2.78. The number of hydrogen-bond acceptors (Lipinski definition) is 3. The summed E-state index contributed by atoms with van der Waals surface area (Å²) in [7, 11) is 3.43. The number of aryl methyl sites for hydroxylation is 1. The predicted octanol–water partition coefficient (Wildman–Crippen LogP) is 0.560. The average molecular weight is 168 g/mol. The summed E-state index contributed by atoms with van der Waals surface area (Å²) < 4.78 is 6.79. The van der Waals surface area contributed by atoms with Crippen molar-refractivity contribution in [1.82, 2.24) is 9.78 Å². The highest BCUT2D eigenvalue weighted by atomic mass is 16.5. The fourth-order valence-electron chi connectivity index (χ4n) is 1.09. The van der Waals surface area contributed by atoms with Gasteiger partial charge < -0.3 is 9.53 Å². The Hall–Kier alpha value is -1.32. The summed E-state index contributed by atoms with van der Waals surface area (Å²) in [5, 5.41) is 4.02. The summed E-state index contributed by atoms with van der Waals surface area (Å²) in [5.74, 6) is 0.749. The van der Waals surface area contributed by atoms with E-state index in [9.17, 15) is 4.79 Å². The number of ether oxygens (including phenoxy) is 1. The highest BCUT2D eigenvalue weighted by Gasteiger charge is 2.07. The second-order valence-electron chi connectivity index (χ2n) is 2.49. The van der Waals surface area contributed by atoms with Crippen LogP contribution in [0.2, 0.25) is 0 Å². The lowest BCUT2D eigenvalue weighted by Crippen LogP contribution is -2.00. The molecule has 0 saturated heterocycles. The van der Waals surface area contributed by atoms with Gasteiger partial charge in [-0.25, -0.2) is 0 Å². The van der Waals surface area contributed by atoms with Gasteiger partial charge in [0.05, 0.1) is 19.0 Å². The summed E-state index contributed by atoms with van der Waals surface area (Å²) in [6, 6.07) is 0. The fraction of sp³-hybridized carbons (Fsp3) is 0.500. The molecule has 1 rings (SSSR count). The fourth-order valence-corrected chi connectivity index (χ4v) is 1.09. The number of aldehydes is 1. The molecule has 0 saturated carbocycles. The molecule has 1 heterocycles. The molecule has 0 amide bonds. The summed E-state index contributed by atoms with van der Waals surface area (Å²) in [4.78, 5) is 10.1. The maximum Gasteiger partial charge on any atom is 0.159 e. The van der Waals surface area contributed by atoms with E-state index in [1.807, 2.05) is 7.05 Å². The van der Waals surface area contributed by atoms with E-state index in [-0.39, 0.29) is 0 Å². The van der Waals surface area contributed by atoms with E-state index in [4.69, 9.17) is 4.74 Å². The second-order valence-corrected chi connectivity index (χ2v) is 2.49. The van der Waals surface area contributed by atoms with Gasteiger partial charge in [0.15, 0.2) is 5.75 Å². The van der Waals surface area contributed by atoms with Gasteiger partial charge in [0.25, 0.3) is 0 Å². The maximum atomic E-state index is 10.1. The van der Waals surface area contributed by atoms with Crippen molar-refractivity contribution in [3.05, 3.63) is 11.9 Å². The van der Waals surface area contributed by atoms with Crippen molar-refractivity contribution in [3.63, 3.8) is 0 Å². The van der Waals surface area contributed by atoms with Crippen LogP contribution in [0, 0.1) is 0 Å². The highest BCUT2D eigenvalue weighted by Crippen LogP contribution is 2.17. The Kier molecular flexibility index (Phi) is 2.85. The minimum absolute atomic E-state index is 0.510. The Labute approximate surface area is 71.1 Å². The minimum atomic E-state index is 0.510. The van der Waals surface area contributed by atoms with E-state index in [0.717, 1.165) is 17.7 Å². The van der Waals surface area contributed by atoms with Crippen LogP contribution in [0.15, 0.2) is 6.20 Å². The average Bonchev–Trinajstić information content (AvgIpc) is 2.43. The first-order valence-corrected chi connectivity index (χ1v) is 3.78. The van der Waals surface area contributed by atoms with Crippen LogP contribution in [0.4, 0.5) is 0 Å². The van der Waals surface area contributed by atoms with E-state index < -0.39 is 0 Å². The van der Waals surface area contributed by atoms with Gasteiger partial charge in [-0.1, -0.05) is 0 Å². The third kappa shape index (κ3) is 1.64.